The number of aromatic nitrogens is 1. The molecule has 1 aromatic heterocycles. The number of aromatic carboxylic acids is 1. The Morgan fingerprint density at radius 2 is 1.89 bits per heavy atom. The zero-order valence-electron chi connectivity index (χ0n) is 9.74. The first-order valence-corrected chi connectivity index (χ1v) is 7.24. The Morgan fingerprint density at radius 1 is 1.11 bits per heavy atom. The molecule has 0 aliphatic carbocycles. The molecule has 1 heterocycles. The van der Waals surface area contributed by atoms with Crippen molar-refractivity contribution < 1.29 is 9.90 Å². The molecule has 0 spiro atoms. The summed E-state index contributed by atoms with van der Waals surface area (Å²) in [7, 11) is 0. The van der Waals surface area contributed by atoms with E-state index in [0.717, 1.165) is 4.26 Å². The van der Waals surface area contributed by atoms with Gasteiger partial charge in [-0.1, -0.05) is 0 Å². The Balaban J connectivity index is 2.25. The van der Waals surface area contributed by atoms with Crippen LogP contribution in [0.2, 0.25) is 0 Å². The quantitative estimate of drug-likeness (QED) is 0.732. The molecule has 0 atom stereocenters. The fourth-order valence-electron chi connectivity index (χ4n) is 1.91. The molecule has 19 heavy (non-hydrogen) atoms. The Hall–Kier alpha value is -2.10. The molecule has 2 aromatic carbocycles. The van der Waals surface area contributed by atoms with Crippen LogP contribution in [0.15, 0.2) is 53.3 Å². The molecule has 0 aliphatic rings. The van der Waals surface area contributed by atoms with Crippen molar-refractivity contribution in [1.82, 2.24) is 3.56 Å². The molecular weight excluding hydrogens is 309 g/mol. The van der Waals surface area contributed by atoms with Crippen molar-refractivity contribution in [2.24, 2.45) is 0 Å². The molecule has 0 fully saturated rings. The van der Waals surface area contributed by atoms with E-state index in [0.29, 0.717) is 11.1 Å². The van der Waals surface area contributed by atoms with Gasteiger partial charge >= 0.3 is 114 Å². The Labute approximate surface area is 114 Å². The summed E-state index contributed by atoms with van der Waals surface area (Å²) in [5.74, 6) is -0.987. The average molecular weight is 318 g/mol. The summed E-state index contributed by atoms with van der Waals surface area (Å²) in [5, 5.41) is 9.70. The van der Waals surface area contributed by atoms with Gasteiger partial charge in [0.1, 0.15) is 0 Å². The summed E-state index contributed by atoms with van der Waals surface area (Å²) in [6.07, 6.45) is 0. The van der Waals surface area contributed by atoms with Crippen LogP contribution in [0, 0.1) is 0 Å². The molecule has 1 N–H and O–H groups in total. The second-order valence-electron chi connectivity index (χ2n) is 4.04. The second kappa shape index (κ2) is 4.53. The molecular formula is C14H9NO3Se. The molecule has 3 aromatic rings. The van der Waals surface area contributed by atoms with Crippen LogP contribution >= 0.6 is 0 Å². The third-order valence-corrected chi connectivity index (χ3v) is 5.15. The molecule has 3 rings (SSSR count). The number of carboxylic acid groups (broad SMARTS) is 1. The molecule has 94 valence electrons. The minimum atomic E-state index is -0.987. The van der Waals surface area contributed by atoms with Crippen molar-refractivity contribution in [3.8, 4) is 5.69 Å². The number of rotatable bonds is 2. The van der Waals surface area contributed by atoms with Gasteiger partial charge in [0.25, 0.3) is 0 Å². The van der Waals surface area contributed by atoms with E-state index in [2.05, 4.69) is 0 Å². The molecule has 0 unspecified atom stereocenters. The van der Waals surface area contributed by atoms with Gasteiger partial charge in [-0.25, -0.2) is 0 Å². The third kappa shape index (κ3) is 2.03. The topological polar surface area (TPSA) is 59.3 Å². The fourth-order valence-corrected chi connectivity index (χ4v) is 3.98. The summed E-state index contributed by atoms with van der Waals surface area (Å²) in [6.45, 7) is 0. The van der Waals surface area contributed by atoms with E-state index in [-0.39, 0.29) is 25.9 Å². The Morgan fingerprint density at radius 3 is 2.63 bits per heavy atom. The van der Waals surface area contributed by atoms with Crippen LogP contribution in [0.1, 0.15) is 10.4 Å². The first-order chi connectivity index (χ1) is 9.16. The maximum atomic E-state index is 12.3. The van der Waals surface area contributed by atoms with E-state index in [1.165, 1.54) is 12.1 Å². The fraction of sp³-hybridized carbons (Fsp3) is 0. The van der Waals surface area contributed by atoms with Gasteiger partial charge in [-0.15, -0.1) is 0 Å². The first kappa shape index (κ1) is 12.0. The molecule has 5 heteroatoms. The zero-order valence-corrected chi connectivity index (χ0v) is 11.5. The average Bonchev–Trinajstić information content (AvgIpc) is 2.77. The summed E-state index contributed by atoms with van der Waals surface area (Å²) in [6, 6.07) is 14.0. The predicted octanol–water partition coefficient (Wildman–Crippen LogP) is 1.75. The number of nitrogens with zero attached hydrogens (tertiary/aromatic N) is 1. The molecule has 0 saturated carbocycles. The van der Waals surface area contributed by atoms with Crippen molar-refractivity contribution in [2.45, 2.75) is 0 Å². The Bertz CT molecular complexity index is 832. The van der Waals surface area contributed by atoms with Gasteiger partial charge in [-0.05, 0) is 0 Å². The maximum absolute atomic E-state index is 12.3. The monoisotopic (exact) mass is 319 g/mol. The van der Waals surface area contributed by atoms with Gasteiger partial charge in [0.05, 0.1) is 0 Å². The normalized spacial score (nSPS) is 10.7. The predicted molar refractivity (Wildman–Crippen MR) is 73.4 cm³/mol. The van der Waals surface area contributed by atoms with E-state index < -0.39 is 5.97 Å². The molecule has 0 radical (unpaired) electrons. The van der Waals surface area contributed by atoms with Crippen LogP contribution in [0.4, 0.5) is 0 Å². The molecule has 0 bridgehead atoms. The number of hydrogen-bond acceptors (Lipinski definition) is 2. The molecule has 0 saturated heterocycles. The van der Waals surface area contributed by atoms with Crippen LogP contribution in [0.5, 0.6) is 0 Å². The minimum absolute atomic E-state index is 0.0573. The number of benzene rings is 2. The van der Waals surface area contributed by atoms with Crippen molar-refractivity contribution in [1.29, 1.82) is 0 Å². The van der Waals surface area contributed by atoms with E-state index in [1.807, 2.05) is 18.2 Å². The van der Waals surface area contributed by atoms with E-state index in [4.69, 9.17) is 5.11 Å². The Kier molecular flexibility index (Phi) is 2.85. The summed E-state index contributed by atoms with van der Waals surface area (Å²) < 4.78 is 2.69. The third-order valence-electron chi connectivity index (χ3n) is 2.82. The molecule has 4 nitrogen and oxygen atoms in total. The van der Waals surface area contributed by atoms with Crippen LogP contribution < -0.4 is 5.56 Å². The van der Waals surface area contributed by atoms with Gasteiger partial charge in [0.2, 0.25) is 0 Å². The summed E-state index contributed by atoms with van der Waals surface area (Å²) >= 11 is -0.134. The number of hydrogen-bond donors (Lipinski definition) is 1. The van der Waals surface area contributed by atoms with Gasteiger partial charge in [-0.2, -0.15) is 0 Å². The van der Waals surface area contributed by atoms with Gasteiger partial charge in [0, 0.05) is 0 Å². The van der Waals surface area contributed by atoms with E-state index in [9.17, 15) is 9.59 Å². The summed E-state index contributed by atoms with van der Waals surface area (Å²) in [5.41, 5.74) is 0.774. The van der Waals surface area contributed by atoms with Crippen molar-refractivity contribution in [3.05, 3.63) is 64.4 Å². The van der Waals surface area contributed by atoms with Crippen LogP contribution in [0.3, 0.4) is 0 Å². The van der Waals surface area contributed by atoms with Gasteiger partial charge in [0.15, 0.2) is 0 Å². The zero-order chi connectivity index (χ0) is 13.4. The van der Waals surface area contributed by atoms with Crippen molar-refractivity contribution >= 4 is 30.3 Å². The summed E-state index contributed by atoms with van der Waals surface area (Å²) in [4.78, 5) is 23.2. The number of fused-ring (bicyclic) bond motifs is 1. The number of carboxylic acids is 1. The standard InChI is InChI=1S/C14H9NO3Se/c16-13-11-6-1-2-7-12(11)19-15(13)10-5-3-4-9(8-10)14(17)18/h1-8H,(H,17,18). The molecule has 0 amide bonds. The van der Waals surface area contributed by atoms with Crippen LogP contribution in [-0.4, -0.2) is 29.4 Å². The van der Waals surface area contributed by atoms with Crippen LogP contribution in [0.25, 0.3) is 15.3 Å². The number of carbonyl (C=O) groups is 1. The van der Waals surface area contributed by atoms with Crippen molar-refractivity contribution in [3.63, 3.8) is 0 Å². The van der Waals surface area contributed by atoms with Crippen LogP contribution in [-0.2, 0) is 0 Å². The van der Waals surface area contributed by atoms with Gasteiger partial charge < -0.3 is 0 Å². The van der Waals surface area contributed by atoms with Gasteiger partial charge in [-0.3, -0.25) is 0 Å². The van der Waals surface area contributed by atoms with E-state index >= 15 is 0 Å². The molecule has 0 aliphatic heterocycles. The first-order valence-electron chi connectivity index (χ1n) is 5.61. The van der Waals surface area contributed by atoms with Crippen molar-refractivity contribution in [2.75, 3.05) is 0 Å². The second-order valence-corrected chi connectivity index (χ2v) is 6.11. The van der Waals surface area contributed by atoms with E-state index in [1.54, 1.807) is 21.8 Å². The SMILES string of the molecule is O=C(O)c1cccc(-n2[se]c3ccccc3c2=O)c1.